The zero-order valence-corrected chi connectivity index (χ0v) is 9.12. The van der Waals surface area contributed by atoms with E-state index in [2.05, 4.69) is 10.1 Å². The van der Waals surface area contributed by atoms with E-state index in [4.69, 9.17) is 10.2 Å². The van der Waals surface area contributed by atoms with Gasteiger partial charge in [-0.15, -0.1) is 0 Å². The van der Waals surface area contributed by atoms with E-state index in [1.165, 1.54) is 6.07 Å². The highest BCUT2D eigenvalue weighted by molar-refractivity contribution is 5.91. The van der Waals surface area contributed by atoms with E-state index in [1.54, 1.807) is 6.07 Å². The Morgan fingerprint density at radius 3 is 2.88 bits per heavy atom. The number of carbonyl (C=O) groups excluding carboxylic acids is 1. The van der Waals surface area contributed by atoms with Crippen molar-refractivity contribution in [2.75, 3.05) is 19.8 Å². The van der Waals surface area contributed by atoms with Crippen LogP contribution in [0.5, 0.6) is 0 Å². The molecule has 1 rings (SSSR count). The van der Waals surface area contributed by atoms with Crippen molar-refractivity contribution in [1.82, 2.24) is 5.32 Å². The second kappa shape index (κ2) is 6.97. The van der Waals surface area contributed by atoms with E-state index in [0.29, 0.717) is 5.76 Å². The minimum absolute atomic E-state index is 0.0283. The first-order valence-electron chi connectivity index (χ1n) is 5.06. The first-order chi connectivity index (χ1) is 8.13. The normalized spacial score (nSPS) is 10.8. The molecule has 96 valence electrons. The molecule has 1 aromatic heterocycles. The first-order valence-corrected chi connectivity index (χ1v) is 5.06. The summed E-state index contributed by atoms with van der Waals surface area (Å²) in [7, 11) is 0. The number of rotatable bonds is 7. The van der Waals surface area contributed by atoms with Gasteiger partial charge in [-0.05, 0) is 12.1 Å². The highest BCUT2D eigenvalue weighted by Crippen LogP contribution is 2.06. The van der Waals surface area contributed by atoms with Crippen LogP contribution in [-0.2, 0) is 11.3 Å². The molecular formula is C10H14F2N2O3. The first kappa shape index (κ1) is 13.6. The Bertz CT molecular complexity index is 355. The number of carbonyl (C=O) groups is 1. The lowest BCUT2D eigenvalue weighted by atomic mass is 10.4. The fourth-order valence-corrected chi connectivity index (χ4v) is 1.11. The topological polar surface area (TPSA) is 77.5 Å². The zero-order valence-electron chi connectivity index (χ0n) is 9.12. The molecule has 0 bridgehead atoms. The van der Waals surface area contributed by atoms with Gasteiger partial charge in [0, 0.05) is 6.54 Å². The summed E-state index contributed by atoms with van der Waals surface area (Å²) in [6.45, 7) is -0.247. The molecule has 0 radical (unpaired) electrons. The maximum absolute atomic E-state index is 11.7. The third-order valence-corrected chi connectivity index (χ3v) is 1.86. The minimum Gasteiger partial charge on any atom is -0.455 e. The van der Waals surface area contributed by atoms with Crippen molar-refractivity contribution in [1.29, 1.82) is 0 Å². The van der Waals surface area contributed by atoms with Gasteiger partial charge >= 0.3 is 0 Å². The van der Waals surface area contributed by atoms with Gasteiger partial charge < -0.3 is 20.2 Å². The Kier molecular flexibility index (Phi) is 5.58. The Labute approximate surface area is 96.9 Å². The standard InChI is InChI=1S/C10H14F2N2O3/c11-9(12)6-16-4-3-14-10(15)8-2-1-7(5-13)17-8/h1-2,9H,3-6,13H2,(H,14,15). The number of nitrogens with two attached hydrogens (primary N) is 1. The lowest BCUT2D eigenvalue weighted by molar-refractivity contribution is 0.0187. The van der Waals surface area contributed by atoms with Crippen molar-refractivity contribution in [3.05, 3.63) is 23.7 Å². The number of halogens is 2. The second-order valence-electron chi connectivity index (χ2n) is 3.19. The van der Waals surface area contributed by atoms with E-state index in [-0.39, 0.29) is 25.5 Å². The molecule has 0 saturated carbocycles. The van der Waals surface area contributed by atoms with Crippen molar-refractivity contribution in [3.63, 3.8) is 0 Å². The highest BCUT2D eigenvalue weighted by atomic mass is 19.3. The fraction of sp³-hybridized carbons (Fsp3) is 0.500. The number of amides is 1. The highest BCUT2D eigenvalue weighted by Gasteiger charge is 2.09. The van der Waals surface area contributed by atoms with Crippen molar-refractivity contribution in [3.8, 4) is 0 Å². The van der Waals surface area contributed by atoms with Gasteiger partial charge in [0.05, 0.1) is 13.2 Å². The SMILES string of the molecule is NCc1ccc(C(=O)NCCOCC(F)F)o1. The van der Waals surface area contributed by atoms with Crippen LogP contribution in [0.3, 0.4) is 0 Å². The average molecular weight is 248 g/mol. The van der Waals surface area contributed by atoms with Crippen molar-refractivity contribution in [2.45, 2.75) is 13.0 Å². The third-order valence-electron chi connectivity index (χ3n) is 1.86. The maximum atomic E-state index is 11.7. The maximum Gasteiger partial charge on any atom is 0.287 e. The summed E-state index contributed by atoms with van der Waals surface area (Å²) in [6, 6.07) is 3.10. The number of hydrogen-bond donors (Lipinski definition) is 2. The predicted octanol–water partition coefficient (Wildman–Crippen LogP) is 0.750. The lowest BCUT2D eigenvalue weighted by Gasteiger charge is -2.04. The van der Waals surface area contributed by atoms with Crippen LogP contribution in [-0.4, -0.2) is 32.1 Å². The van der Waals surface area contributed by atoms with Crippen LogP contribution >= 0.6 is 0 Å². The van der Waals surface area contributed by atoms with Crippen LogP contribution in [0.1, 0.15) is 16.3 Å². The fourth-order valence-electron chi connectivity index (χ4n) is 1.11. The van der Waals surface area contributed by atoms with E-state index >= 15 is 0 Å². The molecule has 0 aliphatic carbocycles. The molecule has 1 amide bonds. The van der Waals surface area contributed by atoms with Crippen molar-refractivity contribution in [2.24, 2.45) is 5.73 Å². The molecule has 0 aliphatic heterocycles. The quantitative estimate of drug-likeness (QED) is 0.698. The Balaban J connectivity index is 2.21. The molecule has 7 heteroatoms. The molecule has 0 aromatic carbocycles. The smallest absolute Gasteiger partial charge is 0.287 e. The number of nitrogens with one attached hydrogen (secondary N) is 1. The molecular weight excluding hydrogens is 234 g/mol. The molecule has 3 N–H and O–H groups in total. The van der Waals surface area contributed by atoms with Gasteiger partial charge in [0.1, 0.15) is 12.4 Å². The van der Waals surface area contributed by atoms with Gasteiger partial charge in [0.2, 0.25) is 0 Å². The number of hydrogen-bond acceptors (Lipinski definition) is 4. The molecule has 0 atom stereocenters. The van der Waals surface area contributed by atoms with Gasteiger partial charge in [-0.1, -0.05) is 0 Å². The van der Waals surface area contributed by atoms with Gasteiger partial charge in [-0.3, -0.25) is 4.79 Å². The molecule has 0 aliphatic rings. The summed E-state index contributed by atoms with van der Waals surface area (Å²) in [5, 5.41) is 2.47. The average Bonchev–Trinajstić information content (AvgIpc) is 2.76. The summed E-state index contributed by atoms with van der Waals surface area (Å²) in [5.74, 6) is 0.216. The van der Waals surface area contributed by atoms with Gasteiger partial charge in [0.25, 0.3) is 12.3 Å². The predicted molar refractivity (Wildman–Crippen MR) is 55.8 cm³/mol. The third kappa shape index (κ3) is 4.92. The lowest BCUT2D eigenvalue weighted by Crippen LogP contribution is -2.27. The van der Waals surface area contributed by atoms with Crippen molar-refractivity contribution < 1.29 is 22.7 Å². The minimum atomic E-state index is -2.50. The van der Waals surface area contributed by atoms with E-state index in [1.807, 2.05) is 0 Å². The summed E-state index contributed by atoms with van der Waals surface area (Å²) in [6.07, 6.45) is -2.50. The van der Waals surface area contributed by atoms with Crippen LogP contribution in [0.15, 0.2) is 16.5 Å². The van der Waals surface area contributed by atoms with Gasteiger partial charge in [0.15, 0.2) is 5.76 Å². The molecule has 0 saturated heterocycles. The van der Waals surface area contributed by atoms with Crippen LogP contribution in [0.2, 0.25) is 0 Å². The molecule has 1 aromatic rings. The van der Waals surface area contributed by atoms with Gasteiger partial charge in [-0.2, -0.15) is 0 Å². The summed E-state index contributed by atoms with van der Waals surface area (Å²) >= 11 is 0. The Morgan fingerprint density at radius 2 is 2.29 bits per heavy atom. The summed E-state index contributed by atoms with van der Waals surface area (Å²) in [4.78, 5) is 11.4. The van der Waals surface area contributed by atoms with E-state index in [9.17, 15) is 13.6 Å². The zero-order chi connectivity index (χ0) is 12.7. The largest absolute Gasteiger partial charge is 0.455 e. The van der Waals surface area contributed by atoms with Crippen molar-refractivity contribution >= 4 is 5.91 Å². The van der Waals surface area contributed by atoms with Crippen LogP contribution in [0.4, 0.5) is 8.78 Å². The molecule has 0 fully saturated rings. The van der Waals surface area contributed by atoms with Gasteiger partial charge in [-0.25, -0.2) is 8.78 Å². The number of ether oxygens (including phenoxy) is 1. The van der Waals surface area contributed by atoms with Crippen LogP contribution < -0.4 is 11.1 Å². The van der Waals surface area contributed by atoms with Crippen LogP contribution in [0, 0.1) is 0 Å². The van der Waals surface area contributed by atoms with E-state index < -0.39 is 18.9 Å². The Morgan fingerprint density at radius 1 is 1.53 bits per heavy atom. The summed E-state index contributed by atoms with van der Waals surface area (Å²) < 4.78 is 33.1. The van der Waals surface area contributed by atoms with Crippen LogP contribution in [0.25, 0.3) is 0 Å². The second-order valence-corrected chi connectivity index (χ2v) is 3.19. The number of alkyl halides is 2. The number of furan rings is 1. The molecule has 0 unspecified atom stereocenters. The van der Waals surface area contributed by atoms with E-state index in [0.717, 1.165) is 0 Å². The molecule has 1 heterocycles. The molecule has 5 nitrogen and oxygen atoms in total. The monoisotopic (exact) mass is 248 g/mol. The Hall–Kier alpha value is -1.47. The molecule has 0 spiro atoms. The summed E-state index contributed by atoms with van der Waals surface area (Å²) in [5.41, 5.74) is 5.31. The molecule has 17 heavy (non-hydrogen) atoms.